The van der Waals surface area contributed by atoms with Gasteiger partial charge in [-0.1, -0.05) is 153 Å². The third-order valence-electron chi connectivity index (χ3n) is 13.1. The smallest absolute Gasteiger partial charge is 0.166 e. The zero-order valence-electron chi connectivity index (χ0n) is 33.8. The van der Waals surface area contributed by atoms with Crippen molar-refractivity contribution in [3.05, 3.63) is 185 Å². The van der Waals surface area contributed by atoms with Crippen LogP contribution in [0.1, 0.15) is 62.0 Å². The van der Waals surface area contributed by atoms with Crippen molar-refractivity contribution in [2.45, 2.75) is 57.9 Å². The van der Waals surface area contributed by atoms with E-state index in [1.165, 1.54) is 54.1 Å². The average Bonchev–Trinajstić information content (AvgIpc) is 3.79. The topological polar surface area (TPSA) is 41.9 Å². The number of hydrogen-bond acceptors (Lipinski definition) is 5. The van der Waals surface area contributed by atoms with Gasteiger partial charge in [-0.2, -0.15) is 0 Å². The third kappa shape index (κ3) is 5.97. The van der Waals surface area contributed by atoms with E-state index in [-0.39, 0.29) is 5.54 Å². The van der Waals surface area contributed by atoms with Crippen LogP contribution in [0, 0.1) is 11.8 Å². The molecule has 288 valence electrons. The van der Waals surface area contributed by atoms with Gasteiger partial charge < -0.3 is 4.90 Å². The molecule has 0 amide bonds. The van der Waals surface area contributed by atoms with Crippen molar-refractivity contribution >= 4 is 32.8 Å². The normalized spacial score (nSPS) is 22.0. The van der Waals surface area contributed by atoms with Crippen molar-refractivity contribution in [1.29, 1.82) is 0 Å². The maximum atomic E-state index is 5.41. The molecule has 3 heterocycles. The number of nitrogens with zero attached hydrogens (tertiary/aromatic N) is 4. The van der Waals surface area contributed by atoms with Crippen molar-refractivity contribution in [3.63, 3.8) is 0 Å². The molecule has 7 aromatic rings. The van der Waals surface area contributed by atoms with E-state index in [1.807, 2.05) is 23.5 Å². The lowest BCUT2D eigenvalue weighted by molar-refractivity contribution is 0.516. The van der Waals surface area contributed by atoms with E-state index in [2.05, 4.69) is 171 Å². The summed E-state index contributed by atoms with van der Waals surface area (Å²) in [6.07, 6.45) is 15.9. The molecule has 5 aromatic carbocycles. The van der Waals surface area contributed by atoms with E-state index in [0.29, 0.717) is 35.2 Å². The standard InChI is InChI=1S/C54H46N4S/c1-34-17-16-22-38(31-34)40-23-10-11-24-41(40)39-28-29-46(44(33-39)53-56-51(36-18-6-4-7-19-36)55-52(57-53)37-20-8-5-9-21-37)58-49-48(45-26-14-15-30-54(45,58)3)35(2)32-43-42-25-12-13-27-47(42)59-50(43)49/h4-21,23-29,33-35,38H,22,30-32H2,1-3H3. The molecule has 0 spiro atoms. The van der Waals surface area contributed by atoms with Crippen LogP contribution in [0.2, 0.25) is 0 Å². The molecule has 59 heavy (non-hydrogen) atoms. The fraction of sp³-hybridized carbons (Fsp3) is 0.204. The molecule has 0 saturated heterocycles. The molecule has 4 nitrogen and oxygen atoms in total. The molecular weight excluding hydrogens is 737 g/mol. The average molecular weight is 783 g/mol. The van der Waals surface area contributed by atoms with Crippen LogP contribution in [0.3, 0.4) is 0 Å². The van der Waals surface area contributed by atoms with Crippen LogP contribution in [0.25, 0.3) is 61.1 Å². The van der Waals surface area contributed by atoms with Gasteiger partial charge in [-0.3, -0.25) is 0 Å². The van der Waals surface area contributed by atoms with E-state index in [0.717, 1.165) is 48.1 Å². The molecule has 0 radical (unpaired) electrons. The Morgan fingerprint density at radius 1 is 0.695 bits per heavy atom. The van der Waals surface area contributed by atoms with Crippen molar-refractivity contribution < 1.29 is 0 Å². The molecule has 0 fully saturated rings. The highest BCUT2D eigenvalue weighted by atomic mass is 32.1. The largest absolute Gasteiger partial charge is 0.329 e. The third-order valence-corrected chi connectivity index (χ3v) is 14.3. The summed E-state index contributed by atoms with van der Waals surface area (Å²) in [5.41, 5.74) is 13.3. The van der Waals surface area contributed by atoms with E-state index >= 15 is 0 Å². The summed E-state index contributed by atoms with van der Waals surface area (Å²) < 4.78 is 1.35. The van der Waals surface area contributed by atoms with Crippen LogP contribution in [-0.4, -0.2) is 20.5 Å². The number of benzene rings is 5. The SMILES string of the molecule is CC1C=CCC(c2ccccc2-c2ccc(N3C4=C(C5=CC=CCC53C)C(C)Cc3c4sc4ccccc34)c(-c3nc(-c4ccccc4)nc(-c4ccccc4)n3)c2)C1. The maximum Gasteiger partial charge on any atom is 0.166 e. The second kappa shape index (κ2) is 14.3. The molecule has 4 aliphatic rings. The molecule has 4 atom stereocenters. The molecule has 3 aliphatic carbocycles. The van der Waals surface area contributed by atoms with Crippen LogP contribution in [0.15, 0.2) is 169 Å². The van der Waals surface area contributed by atoms with Crippen LogP contribution in [0.5, 0.6) is 0 Å². The predicted molar refractivity (Wildman–Crippen MR) is 246 cm³/mol. The van der Waals surface area contributed by atoms with E-state index < -0.39 is 0 Å². The molecule has 11 rings (SSSR count). The Bertz CT molecular complexity index is 2840. The predicted octanol–water partition coefficient (Wildman–Crippen LogP) is 13.9. The zero-order chi connectivity index (χ0) is 39.7. The fourth-order valence-corrected chi connectivity index (χ4v) is 11.6. The lowest BCUT2D eigenvalue weighted by Gasteiger charge is -2.41. The minimum atomic E-state index is -0.304. The summed E-state index contributed by atoms with van der Waals surface area (Å²) in [6.45, 7) is 7.22. The van der Waals surface area contributed by atoms with Crippen LogP contribution >= 0.6 is 11.3 Å². The molecule has 1 aliphatic heterocycles. The van der Waals surface area contributed by atoms with Crippen LogP contribution < -0.4 is 4.90 Å². The monoisotopic (exact) mass is 782 g/mol. The molecule has 5 heteroatoms. The lowest BCUT2D eigenvalue weighted by Crippen LogP contribution is -2.43. The second-order valence-electron chi connectivity index (χ2n) is 17.0. The summed E-state index contributed by atoms with van der Waals surface area (Å²) in [7, 11) is 0. The molecule has 0 saturated carbocycles. The zero-order valence-corrected chi connectivity index (χ0v) is 34.6. The summed E-state index contributed by atoms with van der Waals surface area (Å²) in [5.74, 6) is 3.39. The summed E-state index contributed by atoms with van der Waals surface area (Å²) >= 11 is 1.95. The first-order valence-corrected chi connectivity index (χ1v) is 22.0. The number of aromatic nitrogens is 3. The molecule has 0 bridgehead atoms. The number of hydrogen-bond donors (Lipinski definition) is 0. The minimum Gasteiger partial charge on any atom is -0.329 e. The highest BCUT2D eigenvalue weighted by Crippen LogP contribution is 2.59. The highest BCUT2D eigenvalue weighted by Gasteiger charge is 2.51. The molecular formula is C54H46N4S. The van der Waals surface area contributed by atoms with Gasteiger partial charge in [0.15, 0.2) is 17.5 Å². The van der Waals surface area contributed by atoms with Crippen LogP contribution in [-0.2, 0) is 6.42 Å². The second-order valence-corrected chi connectivity index (χ2v) is 18.1. The van der Waals surface area contributed by atoms with Gasteiger partial charge in [0, 0.05) is 21.4 Å². The number of rotatable bonds is 6. The number of anilines is 1. The Kier molecular flexibility index (Phi) is 8.70. The number of allylic oxidation sites excluding steroid dienone is 4. The van der Waals surface area contributed by atoms with Gasteiger partial charge in [-0.15, -0.1) is 11.3 Å². The first kappa shape index (κ1) is 36.0. The Balaban J connectivity index is 1.19. The van der Waals surface area contributed by atoms with E-state index in [9.17, 15) is 0 Å². The van der Waals surface area contributed by atoms with E-state index in [4.69, 9.17) is 15.0 Å². The Morgan fingerprint density at radius 2 is 1.39 bits per heavy atom. The summed E-state index contributed by atoms with van der Waals surface area (Å²) in [5, 5.41) is 1.38. The van der Waals surface area contributed by atoms with Gasteiger partial charge in [-0.05, 0) is 107 Å². The van der Waals surface area contributed by atoms with Crippen molar-refractivity contribution in [2.75, 3.05) is 4.90 Å². The van der Waals surface area contributed by atoms with Gasteiger partial charge in [0.1, 0.15) is 0 Å². The van der Waals surface area contributed by atoms with Crippen molar-refractivity contribution in [2.24, 2.45) is 11.8 Å². The lowest BCUT2D eigenvalue weighted by atomic mass is 9.76. The van der Waals surface area contributed by atoms with Gasteiger partial charge in [0.2, 0.25) is 0 Å². The number of fused-ring (bicyclic) bond motifs is 6. The van der Waals surface area contributed by atoms with Gasteiger partial charge in [-0.25, -0.2) is 15.0 Å². The minimum absolute atomic E-state index is 0.304. The Morgan fingerprint density at radius 3 is 2.15 bits per heavy atom. The fourth-order valence-electron chi connectivity index (χ4n) is 10.3. The van der Waals surface area contributed by atoms with Gasteiger partial charge in [0.05, 0.1) is 21.8 Å². The number of thiophene rings is 1. The van der Waals surface area contributed by atoms with Gasteiger partial charge in [0.25, 0.3) is 0 Å². The molecule has 2 aromatic heterocycles. The highest BCUT2D eigenvalue weighted by molar-refractivity contribution is 7.20. The van der Waals surface area contributed by atoms with Crippen molar-refractivity contribution in [3.8, 4) is 45.3 Å². The first-order chi connectivity index (χ1) is 28.9. The quantitative estimate of drug-likeness (QED) is 0.158. The molecule has 0 N–H and O–H groups in total. The van der Waals surface area contributed by atoms with E-state index in [1.54, 1.807) is 0 Å². The molecule has 4 unspecified atom stereocenters. The van der Waals surface area contributed by atoms with Gasteiger partial charge >= 0.3 is 0 Å². The summed E-state index contributed by atoms with van der Waals surface area (Å²) in [6, 6.07) is 45.9. The Hall–Kier alpha value is -6.17. The Labute approximate surface area is 351 Å². The maximum absolute atomic E-state index is 5.41. The van der Waals surface area contributed by atoms with Crippen LogP contribution in [0.4, 0.5) is 5.69 Å². The summed E-state index contributed by atoms with van der Waals surface area (Å²) in [4.78, 5) is 20.0. The van der Waals surface area contributed by atoms with Crippen molar-refractivity contribution in [1.82, 2.24) is 15.0 Å². The first-order valence-electron chi connectivity index (χ1n) is 21.1.